The molecule has 0 spiro atoms. The van der Waals surface area contributed by atoms with Crippen molar-refractivity contribution in [1.82, 2.24) is 4.98 Å². The molecule has 8 rings (SSSR count). The Labute approximate surface area is 239 Å². The smallest absolute Gasteiger partial charge is 0.0780 e. The van der Waals surface area contributed by atoms with E-state index in [0.29, 0.717) is 0 Å². The molecule has 0 amide bonds. The molecule has 8 aromatic rings. The minimum atomic E-state index is 1.00. The molecule has 0 aliphatic heterocycles. The molecule has 1 heterocycles. The summed E-state index contributed by atoms with van der Waals surface area (Å²) in [7, 11) is 0. The normalized spacial score (nSPS) is 11.5. The molecule has 0 radical (unpaired) electrons. The van der Waals surface area contributed by atoms with Gasteiger partial charge in [-0.3, -0.25) is 4.98 Å². The predicted molar refractivity (Wildman–Crippen MR) is 175 cm³/mol. The summed E-state index contributed by atoms with van der Waals surface area (Å²) in [4.78, 5) is 4.92. The van der Waals surface area contributed by atoms with Crippen LogP contribution in [0, 0.1) is 6.92 Å². The van der Waals surface area contributed by atoms with Crippen molar-refractivity contribution in [2.75, 3.05) is 0 Å². The number of hydrogen-bond donors (Lipinski definition) is 0. The van der Waals surface area contributed by atoms with Crippen LogP contribution in [-0.4, -0.2) is 4.98 Å². The second-order valence-corrected chi connectivity index (χ2v) is 10.8. The Balaban J connectivity index is 1.57. The zero-order chi connectivity index (χ0) is 27.3. The van der Waals surface area contributed by atoms with Crippen molar-refractivity contribution >= 4 is 43.1 Å². The Hall–Kier alpha value is -5.27. The van der Waals surface area contributed by atoms with Crippen molar-refractivity contribution in [2.45, 2.75) is 6.92 Å². The molecule has 1 heteroatoms. The van der Waals surface area contributed by atoms with Gasteiger partial charge in [0.25, 0.3) is 0 Å². The molecule has 41 heavy (non-hydrogen) atoms. The second-order valence-electron chi connectivity index (χ2n) is 10.8. The largest absolute Gasteiger partial charge is 0.256 e. The van der Waals surface area contributed by atoms with Gasteiger partial charge in [-0.05, 0) is 78.8 Å². The van der Waals surface area contributed by atoms with Crippen molar-refractivity contribution in [3.8, 4) is 33.5 Å². The summed E-state index contributed by atoms with van der Waals surface area (Å²) in [6.45, 7) is 2.19. The quantitative estimate of drug-likeness (QED) is 0.166. The fourth-order valence-electron chi connectivity index (χ4n) is 6.57. The number of fused-ring (bicyclic) bond motifs is 5. The molecule has 1 aromatic heterocycles. The van der Waals surface area contributed by atoms with Crippen molar-refractivity contribution in [3.63, 3.8) is 0 Å². The summed E-state index contributed by atoms with van der Waals surface area (Å²) < 4.78 is 0. The first-order valence-corrected chi connectivity index (χ1v) is 14.1. The number of nitrogens with zero attached hydrogens (tertiary/aromatic N) is 1. The third kappa shape index (κ3) is 3.74. The van der Waals surface area contributed by atoms with E-state index in [1.165, 1.54) is 65.3 Å². The van der Waals surface area contributed by atoms with E-state index in [1.807, 2.05) is 6.20 Å². The van der Waals surface area contributed by atoms with Crippen LogP contribution in [-0.2, 0) is 0 Å². The zero-order valence-electron chi connectivity index (χ0n) is 22.8. The SMILES string of the molecule is Cc1ccc2c(-c3cc4ccccc4c4ccccc34)c3ccccc3c(-c3cccnc3-c3ccccc3)c2c1. The average Bonchev–Trinajstić information content (AvgIpc) is 3.04. The van der Waals surface area contributed by atoms with Crippen LogP contribution >= 0.6 is 0 Å². The first-order chi connectivity index (χ1) is 20.3. The van der Waals surface area contributed by atoms with Crippen LogP contribution in [0.25, 0.3) is 76.6 Å². The summed E-state index contributed by atoms with van der Waals surface area (Å²) >= 11 is 0. The third-order valence-corrected chi connectivity index (χ3v) is 8.34. The van der Waals surface area contributed by atoms with Gasteiger partial charge in [0.15, 0.2) is 0 Å². The summed E-state index contributed by atoms with van der Waals surface area (Å²) in [5.74, 6) is 0. The van der Waals surface area contributed by atoms with E-state index in [-0.39, 0.29) is 0 Å². The number of hydrogen-bond acceptors (Lipinski definition) is 1. The first kappa shape index (κ1) is 23.6. The lowest BCUT2D eigenvalue weighted by Gasteiger charge is -2.21. The van der Waals surface area contributed by atoms with Crippen LogP contribution in [0.1, 0.15) is 5.56 Å². The maximum Gasteiger partial charge on any atom is 0.0780 e. The summed E-state index contributed by atoms with van der Waals surface area (Å²) in [5, 5.41) is 10.1. The maximum atomic E-state index is 4.92. The molecular weight excluding hydrogens is 494 g/mol. The van der Waals surface area contributed by atoms with Crippen LogP contribution < -0.4 is 0 Å². The van der Waals surface area contributed by atoms with Crippen molar-refractivity contribution in [1.29, 1.82) is 0 Å². The van der Waals surface area contributed by atoms with E-state index in [9.17, 15) is 0 Å². The molecular formula is C40H27N. The molecule has 0 saturated heterocycles. The number of aryl methyl sites for hydroxylation is 1. The first-order valence-electron chi connectivity index (χ1n) is 14.1. The fraction of sp³-hybridized carbons (Fsp3) is 0.0250. The minimum Gasteiger partial charge on any atom is -0.256 e. The summed E-state index contributed by atoms with van der Waals surface area (Å²) in [6, 6.07) is 50.6. The lowest BCUT2D eigenvalue weighted by molar-refractivity contribution is 1.33. The van der Waals surface area contributed by atoms with E-state index in [4.69, 9.17) is 4.98 Å². The Morgan fingerprint density at radius 1 is 0.415 bits per heavy atom. The minimum absolute atomic E-state index is 1.00. The standard InChI is InChI=1S/C40H27N/c1-26-21-22-34-36(24-26)39(35-20-11-23-41-40(35)27-12-3-2-4-13-27)33-19-10-9-18-32(33)38(34)37-25-28-14-5-6-15-29(28)30-16-7-8-17-31(30)37/h2-25H,1H3. The van der Waals surface area contributed by atoms with Crippen LogP contribution in [0.15, 0.2) is 146 Å². The van der Waals surface area contributed by atoms with Gasteiger partial charge in [-0.1, -0.05) is 133 Å². The van der Waals surface area contributed by atoms with Gasteiger partial charge < -0.3 is 0 Å². The summed E-state index contributed by atoms with van der Waals surface area (Å²) in [6.07, 6.45) is 1.90. The molecule has 7 aromatic carbocycles. The van der Waals surface area contributed by atoms with Crippen molar-refractivity contribution in [3.05, 3.63) is 151 Å². The van der Waals surface area contributed by atoms with E-state index in [1.54, 1.807) is 0 Å². The van der Waals surface area contributed by atoms with Crippen LogP contribution in [0.3, 0.4) is 0 Å². The van der Waals surface area contributed by atoms with Crippen LogP contribution in [0.4, 0.5) is 0 Å². The second kappa shape index (κ2) is 9.43. The number of aromatic nitrogens is 1. The molecule has 0 aliphatic carbocycles. The lowest BCUT2D eigenvalue weighted by Crippen LogP contribution is -1.95. The van der Waals surface area contributed by atoms with Gasteiger partial charge in [0.05, 0.1) is 5.69 Å². The van der Waals surface area contributed by atoms with Gasteiger partial charge in [-0.15, -0.1) is 0 Å². The third-order valence-electron chi connectivity index (χ3n) is 8.34. The molecule has 0 aliphatic rings. The molecule has 0 fully saturated rings. The maximum absolute atomic E-state index is 4.92. The van der Waals surface area contributed by atoms with Gasteiger partial charge in [-0.25, -0.2) is 0 Å². The Morgan fingerprint density at radius 2 is 1.02 bits per heavy atom. The molecule has 0 bridgehead atoms. The lowest BCUT2D eigenvalue weighted by atomic mass is 9.83. The van der Waals surface area contributed by atoms with Gasteiger partial charge in [0, 0.05) is 17.3 Å². The monoisotopic (exact) mass is 521 g/mol. The van der Waals surface area contributed by atoms with Crippen LogP contribution in [0.5, 0.6) is 0 Å². The number of rotatable bonds is 3. The molecule has 192 valence electrons. The highest BCUT2D eigenvalue weighted by atomic mass is 14.7. The van der Waals surface area contributed by atoms with Gasteiger partial charge >= 0.3 is 0 Å². The topological polar surface area (TPSA) is 12.9 Å². The number of pyridine rings is 1. The van der Waals surface area contributed by atoms with E-state index < -0.39 is 0 Å². The van der Waals surface area contributed by atoms with Gasteiger partial charge in [0.2, 0.25) is 0 Å². The van der Waals surface area contributed by atoms with Crippen molar-refractivity contribution < 1.29 is 0 Å². The Kier molecular flexibility index (Phi) is 5.43. The zero-order valence-corrected chi connectivity index (χ0v) is 22.8. The average molecular weight is 522 g/mol. The molecule has 1 nitrogen and oxygen atoms in total. The van der Waals surface area contributed by atoms with E-state index in [2.05, 4.69) is 146 Å². The van der Waals surface area contributed by atoms with Gasteiger partial charge in [0.1, 0.15) is 0 Å². The van der Waals surface area contributed by atoms with Crippen LogP contribution in [0.2, 0.25) is 0 Å². The molecule has 0 unspecified atom stereocenters. The Bertz CT molecular complexity index is 2260. The molecule has 0 saturated carbocycles. The van der Waals surface area contributed by atoms with E-state index >= 15 is 0 Å². The number of benzene rings is 7. The Morgan fingerprint density at radius 3 is 1.80 bits per heavy atom. The molecule has 0 atom stereocenters. The highest BCUT2D eigenvalue weighted by molar-refractivity contribution is 6.26. The van der Waals surface area contributed by atoms with Gasteiger partial charge in [-0.2, -0.15) is 0 Å². The van der Waals surface area contributed by atoms with E-state index in [0.717, 1.165) is 16.8 Å². The molecule has 0 N–H and O–H groups in total. The highest BCUT2D eigenvalue weighted by Gasteiger charge is 2.21. The van der Waals surface area contributed by atoms with Crippen molar-refractivity contribution in [2.24, 2.45) is 0 Å². The fourth-order valence-corrected chi connectivity index (χ4v) is 6.57. The highest BCUT2D eigenvalue weighted by Crippen LogP contribution is 2.47. The summed E-state index contributed by atoms with van der Waals surface area (Å²) in [5.41, 5.74) is 8.31. The predicted octanol–water partition coefficient (Wildman–Crippen LogP) is 11.0.